The molecule has 33 heavy (non-hydrogen) atoms. The van der Waals surface area contributed by atoms with Crippen LogP contribution in [-0.4, -0.2) is 61.5 Å². The van der Waals surface area contributed by atoms with Crippen LogP contribution in [0, 0.1) is 0 Å². The van der Waals surface area contributed by atoms with E-state index in [0.29, 0.717) is 15.3 Å². The molecular formula is C24H38ClN3O3S2. The molecule has 0 saturated carbocycles. The van der Waals surface area contributed by atoms with Crippen molar-refractivity contribution in [3.63, 3.8) is 0 Å². The van der Waals surface area contributed by atoms with Crippen molar-refractivity contribution in [2.24, 2.45) is 5.73 Å². The van der Waals surface area contributed by atoms with Crippen molar-refractivity contribution in [2.75, 3.05) is 33.8 Å². The molecule has 2 aliphatic rings. The Labute approximate surface area is 211 Å². The quantitative estimate of drug-likeness (QED) is 0.568. The molecule has 0 spiro atoms. The van der Waals surface area contributed by atoms with Gasteiger partial charge in [-0.1, -0.05) is 39.3 Å². The summed E-state index contributed by atoms with van der Waals surface area (Å²) in [7, 11) is 3.87. The number of likely N-dealkylation sites (N-methyl/N-ethyl adjacent to an activating group) is 1. The van der Waals surface area contributed by atoms with Gasteiger partial charge >= 0.3 is 0 Å². The third kappa shape index (κ3) is 8.07. The van der Waals surface area contributed by atoms with Crippen LogP contribution >= 0.6 is 34.3 Å². The second kappa shape index (κ2) is 14.7. The Balaban J connectivity index is 0.000000352. The molecule has 9 heteroatoms. The fourth-order valence-corrected chi connectivity index (χ4v) is 5.69. The Bertz CT molecular complexity index is 884. The molecule has 6 nitrogen and oxygen atoms in total. The van der Waals surface area contributed by atoms with E-state index in [1.54, 1.807) is 30.6 Å². The number of carbonyl (C=O) groups is 2. The number of fused-ring (bicyclic) bond motifs is 1. The van der Waals surface area contributed by atoms with Crippen molar-refractivity contribution in [1.29, 1.82) is 0 Å². The lowest BCUT2D eigenvalue weighted by Gasteiger charge is -2.29. The number of amides is 2. The lowest BCUT2D eigenvalue weighted by atomic mass is 10.0. The van der Waals surface area contributed by atoms with Gasteiger partial charge in [0.1, 0.15) is 0 Å². The molecule has 0 radical (unpaired) electrons. The number of nitrogens with two attached hydrogens (primary N) is 1. The van der Waals surface area contributed by atoms with E-state index in [0.717, 1.165) is 37.4 Å². The summed E-state index contributed by atoms with van der Waals surface area (Å²) in [5, 5.41) is 0. The van der Waals surface area contributed by atoms with E-state index < -0.39 is 5.91 Å². The van der Waals surface area contributed by atoms with Gasteiger partial charge in [0.05, 0.1) is 20.2 Å². The van der Waals surface area contributed by atoms with Crippen LogP contribution in [0.25, 0.3) is 0 Å². The Hall–Kier alpha value is -1.45. The van der Waals surface area contributed by atoms with E-state index in [2.05, 4.69) is 24.9 Å². The van der Waals surface area contributed by atoms with Gasteiger partial charge in [-0.3, -0.25) is 14.5 Å². The number of carbonyl (C=O) groups excluding carboxylic acids is 2. The van der Waals surface area contributed by atoms with Gasteiger partial charge in [0.25, 0.3) is 11.8 Å². The van der Waals surface area contributed by atoms with Crippen LogP contribution in [-0.2, 0) is 11.2 Å². The third-order valence-electron chi connectivity index (χ3n) is 5.41. The van der Waals surface area contributed by atoms with Crippen molar-refractivity contribution < 1.29 is 14.3 Å². The SMILES string of the molecule is CC.CC.CO[C@@H]1CCN(C(=O)c2cc3c(s2)C(C)N(C)CC3)C1.NC(=O)c1ccc(Cl)s1. The molecule has 4 heterocycles. The highest BCUT2D eigenvalue weighted by Gasteiger charge is 2.30. The maximum atomic E-state index is 12.6. The number of halogens is 1. The molecule has 2 amide bonds. The van der Waals surface area contributed by atoms with E-state index in [9.17, 15) is 9.59 Å². The second-order valence-electron chi connectivity index (χ2n) is 7.27. The number of hydrogen-bond acceptors (Lipinski definition) is 6. The highest BCUT2D eigenvalue weighted by molar-refractivity contribution is 7.18. The van der Waals surface area contributed by atoms with E-state index >= 15 is 0 Å². The normalized spacial score (nSPS) is 19.2. The van der Waals surface area contributed by atoms with Crippen LogP contribution in [0.2, 0.25) is 4.34 Å². The van der Waals surface area contributed by atoms with Crippen LogP contribution in [0.5, 0.6) is 0 Å². The largest absolute Gasteiger partial charge is 0.380 e. The summed E-state index contributed by atoms with van der Waals surface area (Å²) >= 11 is 8.38. The number of thiophene rings is 2. The molecule has 0 bridgehead atoms. The molecule has 4 rings (SSSR count). The minimum absolute atomic E-state index is 0.179. The van der Waals surface area contributed by atoms with Crippen molar-refractivity contribution in [2.45, 2.75) is 59.6 Å². The van der Waals surface area contributed by atoms with Crippen molar-refractivity contribution >= 4 is 46.1 Å². The van der Waals surface area contributed by atoms with E-state index in [-0.39, 0.29) is 12.0 Å². The smallest absolute Gasteiger partial charge is 0.264 e. The molecule has 2 aromatic heterocycles. The molecule has 0 aromatic carbocycles. The van der Waals surface area contributed by atoms with Gasteiger partial charge < -0.3 is 15.4 Å². The van der Waals surface area contributed by atoms with E-state index in [1.165, 1.54) is 21.8 Å². The Morgan fingerprint density at radius 1 is 1.12 bits per heavy atom. The molecule has 2 atom stereocenters. The molecule has 2 aromatic rings. The minimum Gasteiger partial charge on any atom is -0.380 e. The van der Waals surface area contributed by atoms with Gasteiger partial charge in [-0.15, -0.1) is 22.7 Å². The first-order valence-electron chi connectivity index (χ1n) is 11.5. The van der Waals surface area contributed by atoms with Crippen LogP contribution in [0.3, 0.4) is 0 Å². The van der Waals surface area contributed by atoms with Crippen molar-refractivity contribution in [3.8, 4) is 0 Å². The maximum absolute atomic E-state index is 12.6. The monoisotopic (exact) mass is 515 g/mol. The number of nitrogens with zero attached hydrogens (tertiary/aromatic N) is 2. The third-order valence-corrected chi connectivity index (χ3v) is 7.99. The van der Waals surface area contributed by atoms with Gasteiger partial charge in [0.15, 0.2) is 0 Å². The van der Waals surface area contributed by atoms with Crippen LogP contribution in [0.15, 0.2) is 18.2 Å². The topological polar surface area (TPSA) is 75.9 Å². The summed E-state index contributed by atoms with van der Waals surface area (Å²) < 4.78 is 5.93. The summed E-state index contributed by atoms with van der Waals surface area (Å²) in [6.07, 6.45) is 2.21. The second-order valence-corrected chi connectivity index (χ2v) is 10.1. The molecule has 1 saturated heterocycles. The zero-order valence-electron chi connectivity index (χ0n) is 20.8. The molecule has 0 aliphatic carbocycles. The predicted octanol–water partition coefficient (Wildman–Crippen LogP) is 5.71. The fourth-order valence-electron chi connectivity index (χ4n) is 3.50. The first kappa shape index (κ1) is 29.6. The lowest BCUT2D eigenvalue weighted by molar-refractivity contribution is 0.0728. The number of ether oxygens (including phenoxy) is 1. The highest BCUT2D eigenvalue weighted by atomic mass is 35.5. The average molecular weight is 516 g/mol. The first-order chi connectivity index (χ1) is 15.8. The summed E-state index contributed by atoms with van der Waals surface area (Å²) in [5.74, 6) is -0.245. The van der Waals surface area contributed by atoms with Gasteiger partial charge in [-0.2, -0.15) is 0 Å². The summed E-state index contributed by atoms with van der Waals surface area (Å²) in [6, 6.07) is 5.80. The van der Waals surface area contributed by atoms with Gasteiger partial charge in [-0.25, -0.2) is 0 Å². The summed E-state index contributed by atoms with van der Waals surface area (Å²) in [5.41, 5.74) is 6.31. The minimum atomic E-state index is -0.424. The van der Waals surface area contributed by atoms with Gasteiger partial charge in [-0.05, 0) is 50.6 Å². The molecule has 2 N–H and O–H groups in total. The van der Waals surface area contributed by atoms with Gasteiger partial charge in [0, 0.05) is 37.7 Å². The zero-order valence-corrected chi connectivity index (χ0v) is 23.2. The maximum Gasteiger partial charge on any atom is 0.264 e. The highest BCUT2D eigenvalue weighted by Crippen LogP contribution is 2.36. The van der Waals surface area contributed by atoms with Gasteiger partial charge in [0.2, 0.25) is 0 Å². The predicted molar refractivity (Wildman–Crippen MR) is 141 cm³/mol. The standard InChI is InChI=1S/C15H22N2O2S.C5H4ClNOS.2C2H6/c1-10-14-11(4-6-16(10)2)8-13(20-14)15(18)17-7-5-12(9-17)19-3;6-4-2-1-3(9-4)5(7)8;2*1-2/h8,10,12H,4-7,9H2,1-3H3;1-2H,(H2,7,8);2*1-2H3/t10?,12-;;;/m1.../s1. The molecule has 1 unspecified atom stereocenters. The molecule has 186 valence electrons. The first-order valence-corrected chi connectivity index (χ1v) is 13.5. The molecule has 2 aliphatic heterocycles. The Morgan fingerprint density at radius 3 is 2.27 bits per heavy atom. The summed E-state index contributed by atoms with van der Waals surface area (Å²) in [6.45, 7) is 12.8. The molecule has 1 fully saturated rings. The van der Waals surface area contributed by atoms with Crippen LogP contribution < -0.4 is 5.73 Å². The van der Waals surface area contributed by atoms with Crippen LogP contribution in [0.4, 0.5) is 0 Å². The molecular weight excluding hydrogens is 478 g/mol. The number of primary amides is 1. The number of hydrogen-bond donors (Lipinski definition) is 1. The zero-order chi connectivity index (χ0) is 25.1. The Kier molecular flexibility index (Phi) is 13.2. The number of methoxy groups -OCH3 is 1. The lowest BCUT2D eigenvalue weighted by Crippen LogP contribution is -2.29. The summed E-state index contributed by atoms with van der Waals surface area (Å²) in [4.78, 5) is 30.0. The van der Waals surface area contributed by atoms with Crippen molar-refractivity contribution in [1.82, 2.24) is 9.80 Å². The Morgan fingerprint density at radius 2 is 1.79 bits per heavy atom. The van der Waals surface area contributed by atoms with E-state index in [4.69, 9.17) is 22.1 Å². The van der Waals surface area contributed by atoms with Crippen LogP contribution in [0.1, 0.15) is 76.9 Å². The average Bonchev–Trinajstić information content (AvgIpc) is 3.58. The fraction of sp³-hybridized carbons (Fsp3) is 0.583. The number of rotatable bonds is 3. The number of likely N-dealkylation sites (tertiary alicyclic amines) is 1. The van der Waals surface area contributed by atoms with E-state index in [1.807, 2.05) is 32.6 Å². The van der Waals surface area contributed by atoms with Crippen molar-refractivity contribution in [3.05, 3.63) is 42.7 Å².